The van der Waals surface area contributed by atoms with Crippen LogP contribution in [0.1, 0.15) is 39.7 Å². The number of phenols is 1. The molecule has 7 nitrogen and oxygen atoms in total. The number of hydrogen-bond donors (Lipinski definition) is 2. The van der Waals surface area contributed by atoms with Crippen LogP contribution in [-0.2, 0) is 6.42 Å². The van der Waals surface area contributed by atoms with Gasteiger partial charge in [0.2, 0.25) is 0 Å². The van der Waals surface area contributed by atoms with Crippen LogP contribution in [0.2, 0.25) is 0 Å². The van der Waals surface area contributed by atoms with Crippen molar-refractivity contribution in [2.75, 3.05) is 11.4 Å². The summed E-state index contributed by atoms with van der Waals surface area (Å²) in [5.41, 5.74) is 2.78. The average Bonchev–Trinajstić information content (AvgIpc) is 3.28. The summed E-state index contributed by atoms with van der Waals surface area (Å²) < 4.78 is 23.8. The second kappa shape index (κ2) is 6.55. The first-order chi connectivity index (χ1) is 14.1. The van der Waals surface area contributed by atoms with E-state index in [1.807, 2.05) is 19.9 Å². The molecule has 0 aliphatic carbocycles. The van der Waals surface area contributed by atoms with Crippen molar-refractivity contribution >= 4 is 28.6 Å². The first-order valence-electron chi connectivity index (χ1n) is 10.2. The molecule has 2 aromatic heterocycles. The maximum atomic E-state index is 15.4. The number of phenolic OH excluding ortho intramolecular Hbond substituents is 1. The fraction of sp³-hybridized carbons (Fsp3) is 0.524. The minimum atomic E-state index is -1.03. The molecule has 3 aromatic rings. The topological polar surface area (TPSA) is 87.1 Å². The highest BCUT2D eigenvalue weighted by molar-refractivity contribution is 7.00. The van der Waals surface area contributed by atoms with E-state index >= 15 is 4.39 Å². The molecule has 2 atom stereocenters. The van der Waals surface area contributed by atoms with Crippen LogP contribution in [-0.4, -0.2) is 53.9 Å². The zero-order valence-electron chi connectivity index (χ0n) is 17.5. The third-order valence-electron chi connectivity index (χ3n) is 6.20. The molecule has 5 rings (SSSR count). The molecule has 1 aromatic carbocycles. The number of halogens is 1. The van der Waals surface area contributed by atoms with E-state index in [1.54, 1.807) is 12.1 Å². The molecule has 0 radical (unpaired) electrons. The normalized spacial score (nSPS) is 24.9. The van der Waals surface area contributed by atoms with E-state index in [0.717, 1.165) is 35.0 Å². The predicted octanol–water partition coefficient (Wildman–Crippen LogP) is 3.47. The SMILES string of the molecule is CC1(C)C[C@H](N2CCc3cc(-c4cc5nsnc5cc4O)nnc32)[C@H](F)C(C)(C)N1. The highest BCUT2D eigenvalue weighted by Crippen LogP contribution is 2.40. The van der Waals surface area contributed by atoms with Crippen molar-refractivity contribution in [1.82, 2.24) is 24.3 Å². The Morgan fingerprint density at radius 3 is 2.63 bits per heavy atom. The van der Waals surface area contributed by atoms with Crippen LogP contribution >= 0.6 is 11.7 Å². The lowest BCUT2D eigenvalue weighted by Gasteiger charge is -2.51. The maximum Gasteiger partial charge on any atom is 0.154 e. The molecule has 158 valence electrons. The molecule has 0 unspecified atom stereocenters. The molecule has 30 heavy (non-hydrogen) atoms. The number of anilines is 1. The van der Waals surface area contributed by atoms with Gasteiger partial charge in [0.05, 0.1) is 23.5 Å². The summed E-state index contributed by atoms with van der Waals surface area (Å²) in [6, 6.07) is 5.08. The van der Waals surface area contributed by atoms with E-state index in [-0.39, 0.29) is 17.3 Å². The van der Waals surface area contributed by atoms with Crippen molar-refractivity contribution in [3.8, 4) is 17.0 Å². The summed E-state index contributed by atoms with van der Waals surface area (Å²) in [5, 5.41) is 22.7. The number of aromatic hydroxyl groups is 1. The van der Waals surface area contributed by atoms with E-state index in [0.29, 0.717) is 29.7 Å². The number of nitrogens with zero attached hydrogens (tertiary/aromatic N) is 5. The molecule has 2 aliphatic heterocycles. The van der Waals surface area contributed by atoms with Gasteiger partial charge in [-0.25, -0.2) is 4.39 Å². The quantitative estimate of drug-likeness (QED) is 0.646. The molecule has 2 aliphatic rings. The van der Waals surface area contributed by atoms with Crippen LogP contribution in [0.4, 0.5) is 10.2 Å². The minimum absolute atomic E-state index is 0.102. The Hall–Kier alpha value is -2.39. The molecule has 1 fully saturated rings. The zero-order chi connectivity index (χ0) is 21.3. The smallest absolute Gasteiger partial charge is 0.154 e. The highest BCUT2D eigenvalue weighted by Gasteiger charge is 2.49. The van der Waals surface area contributed by atoms with Crippen LogP contribution < -0.4 is 10.2 Å². The molecule has 0 saturated carbocycles. The van der Waals surface area contributed by atoms with Gasteiger partial charge in [-0.3, -0.25) is 0 Å². The second-order valence-electron chi connectivity index (χ2n) is 9.55. The highest BCUT2D eigenvalue weighted by atomic mass is 32.1. The molecule has 0 spiro atoms. The van der Waals surface area contributed by atoms with Gasteiger partial charge >= 0.3 is 0 Å². The molecular formula is C21H25FN6OS. The Morgan fingerprint density at radius 1 is 1.13 bits per heavy atom. The number of piperidine rings is 1. The van der Waals surface area contributed by atoms with Crippen LogP contribution in [0.5, 0.6) is 5.75 Å². The number of benzene rings is 1. The number of hydrogen-bond acceptors (Lipinski definition) is 8. The summed E-state index contributed by atoms with van der Waals surface area (Å²) in [6.07, 6.45) is 0.437. The van der Waals surface area contributed by atoms with Gasteiger partial charge in [0.15, 0.2) is 5.82 Å². The first-order valence-corrected chi connectivity index (χ1v) is 10.9. The van der Waals surface area contributed by atoms with Gasteiger partial charge in [-0.05, 0) is 52.7 Å². The first kappa shape index (κ1) is 19.6. The van der Waals surface area contributed by atoms with E-state index in [2.05, 4.69) is 43.0 Å². The van der Waals surface area contributed by atoms with Crippen LogP contribution in [0.15, 0.2) is 18.2 Å². The van der Waals surface area contributed by atoms with Gasteiger partial charge in [0, 0.05) is 34.8 Å². The summed E-state index contributed by atoms with van der Waals surface area (Å²) in [7, 11) is 0. The Bertz CT molecular complexity index is 1130. The third-order valence-corrected chi connectivity index (χ3v) is 6.76. The van der Waals surface area contributed by atoms with Crippen molar-refractivity contribution in [2.24, 2.45) is 0 Å². The van der Waals surface area contributed by atoms with Crippen molar-refractivity contribution in [3.05, 3.63) is 23.8 Å². The van der Waals surface area contributed by atoms with Gasteiger partial charge in [-0.2, -0.15) is 8.75 Å². The Kier molecular flexibility index (Phi) is 4.27. The Labute approximate surface area is 178 Å². The van der Waals surface area contributed by atoms with Crippen molar-refractivity contribution in [2.45, 2.75) is 63.8 Å². The number of alkyl halides is 1. The van der Waals surface area contributed by atoms with Crippen LogP contribution in [0.3, 0.4) is 0 Å². The van der Waals surface area contributed by atoms with E-state index in [1.165, 1.54) is 0 Å². The summed E-state index contributed by atoms with van der Waals surface area (Å²) in [4.78, 5) is 2.08. The molecule has 4 heterocycles. The average molecular weight is 429 g/mol. The molecule has 9 heteroatoms. The lowest BCUT2D eigenvalue weighted by Crippen LogP contribution is -2.69. The Balaban J connectivity index is 1.50. The standard InChI is InChI=1S/C21H25FN6OS/c1-20(2)10-16(18(22)21(3,4)27-20)28-6-5-11-7-13(23-24-19(11)28)12-8-14-15(9-17(12)29)26-30-25-14/h7-9,16,18,27,29H,5-6,10H2,1-4H3/t16-,18-/m0/s1. The molecule has 0 amide bonds. The summed E-state index contributed by atoms with van der Waals surface area (Å²) >= 11 is 1.11. The molecule has 2 N–H and O–H groups in total. The van der Waals surface area contributed by atoms with Gasteiger partial charge in [0.25, 0.3) is 0 Å². The lowest BCUT2D eigenvalue weighted by atomic mass is 9.77. The fourth-order valence-electron chi connectivity index (χ4n) is 5.04. The molecule has 1 saturated heterocycles. The minimum Gasteiger partial charge on any atom is -0.507 e. The van der Waals surface area contributed by atoms with Crippen LogP contribution in [0, 0.1) is 0 Å². The fourth-order valence-corrected chi connectivity index (χ4v) is 5.55. The monoisotopic (exact) mass is 428 g/mol. The van der Waals surface area contributed by atoms with Gasteiger partial charge < -0.3 is 15.3 Å². The van der Waals surface area contributed by atoms with Crippen molar-refractivity contribution < 1.29 is 9.50 Å². The maximum absolute atomic E-state index is 15.4. The molecular weight excluding hydrogens is 403 g/mol. The number of rotatable bonds is 2. The second-order valence-corrected chi connectivity index (χ2v) is 10.1. The number of nitrogens with one attached hydrogen (secondary N) is 1. The van der Waals surface area contributed by atoms with Gasteiger partial charge in [-0.15, -0.1) is 10.2 Å². The molecule has 0 bridgehead atoms. The largest absolute Gasteiger partial charge is 0.507 e. The van der Waals surface area contributed by atoms with Crippen LogP contribution in [0.25, 0.3) is 22.3 Å². The van der Waals surface area contributed by atoms with Gasteiger partial charge in [-0.1, -0.05) is 0 Å². The van der Waals surface area contributed by atoms with Gasteiger partial charge in [0.1, 0.15) is 23.0 Å². The van der Waals surface area contributed by atoms with E-state index in [9.17, 15) is 5.11 Å². The zero-order valence-corrected chi connectivity index (χ0v) is 18.3. The van der Waals surface area contributed by atoms with Crippen molar-refractivity contribution in [1.29, 1.82) is 0 Å². The summed E-state index contributed by atoms with van der Waals surface area (Å²) in [6.45, 7) is 8.79. The number of aromatic nitrogens is 4. The lowest BCUT2D eigenvalue weighted by molar-refractivity contribution is 0.0555. The van der Waals surface area contributed by atoms with E-state index < -0.39 is 11.7 Å². The van der Waals surface area contributed by atoms with Crippen molar-refractivity contribution in [3.63, 3.8) is 0 Å². The predicted molar refractivity (Wildman–Crippen MR) is 116 cm³/mol. The summed E-state index contributed by atoms with van der Waals surface area (Å²) in [5.74, 6) is 0.848. The van der Waals surface area contributed by atoms with E-state index in [4.69, 9.17) is 0 Å². The third kappa shape index (κ3) is 3.11. The number of fused-ring (bicyclic) bond motifs is 2. The Morgan fingerprint density at radius 2 is 1.87 bits per heavy atom.